The highest BCUT2D eigenvalue weighted by Crippen LogP contribution is 2.22. The molecule has 2 aliphatic rings. The van der Waals surface area contributed by atoms with Crippen molar-refractivity contribution in [2.24, 2.45) is 0 Å². The standard InChI is InChI=1S/C18H25N3O3/c1-13-10-20(18(23)24-12-15-6-4-3-5-7-15)11-14(2)21(13)17(22)19-16-8-9-16/h3-7,13-14,16H,8-12H2,1-2H3,(H,19,22)/t13-,14-/m0/s1. The van der Waals surface area contributed by atoms with E-state index in [2.05, 4.69) is 5.32 Å². The number of amides is 3. The van der Waals surface area contributed by atoms with Gasteiger partial charge in [-0.2, -0.15) is 0 Å². The average Bonchev–Trinajstić information content (AvgIpc) is 3.36. The Hall–Kier alpha value is -2.24. The topological polar surface area (TPSA) is 61.9 Å². The zero-order valence-corrected chi connectivity index (χ0v) is 14.3. The highest BCUT2D eigenvalue weighted by molar-refractivity contribution is 5.76. The minimum Gasteiger partial charge on any atom is -0.445 e. The normalized spacial score (nSPS) is 23.8. The lowest BCUT2D eigenvalue weighted by molar-refractivity contribution is 0.0414. The molecule has 3 rings (SSSR count). The van der Waals surface area contributed by atoms with Crippen LogP contribution in [0.3, 0.4) is 0 Å². The van der Waals surface area contributed by atoms with E-state index in [0.717, 1.165) is 18.4 Å². The van der Waals surface area contributed by atoms with E-state index in [1.54, 1.807) is 4.90 Å². The minimum absolute atomic E-state index is 0.0187. The van der Waals surface area contributed by atoms with E-state index in [4.69, 9.17) is 4.74 Å². The van der Waals surface area contributed by atoms with E-state index < -0.39 is 0 Å². The highest BCUT2D eigenvalue weighted by Gasteiger charge is 2.37. The van der Waals surface area contributed by atoms with Crippen molar-refractivity contribution in [3.63, 3.8) is 0 Å². The Labute approximate surface area is 142 Å². The third kappa shape index (κ3) is 3.99. The second kappa shape index (κ2) is 7.11. The van der Waals surface area contributed by atoms with Crippen molar-refractivity contribution in [1.82, 2.24) is 15.1 Å². The Morgan fingerprint density at radius 3 is 2.33 bits per heavy atom. The Balaban J connectivity index is 1.52. The number of rotatable bonds is 3. The molecule has 6 heteroatoms. The van der Waals surface area contributed by atoms with E-state index in [1.165, 1.54) is 0 Å². The van der Waals surface area contributed by atoms with E-state index in [-0.39, 0.29) is 30.8 Å². The van der Waals surface area contributed by atoms with Crippen LogP contribution < -0.4 is 5.32 Å². The highest BCUT2D eigenvalue weighted by atomic mass is 16.6. The van der Waals surface area contributed by atoms with Gasteiger partial charge in [0.15, 0.2) is 0 Å². The zero-order valence-electron chi connectivity index (χ0n) is 14.3. The molecule has 6 nitrogen and oxygen atoms in total. The molecule has 1 saturated carbocycles. The monoisotopic (exact) mass is 331 g/mol. The third-order valence-electron chi connectivity index (χ3n) is 4.52. The molecule has 130 valence electrons. The third-order valence-corrected chi connectivity index (χ3v) is 4.52. The van der Waals surface area contributed by atoms with Crippen LogP contribution in [0.1, 0.15) is 32.3 Å². The van der Waals surface area contributed by atoms with Crippen LogP contribution in [0.25, 0.3) is 0 Å². The number of urea groups is 1. The van der Waals surface area contributed by atoms with Crippen molar-refractivity contribution in [2.45, 2.75) is 51.4 Å². The number of hydrogen-bond acceptors (Lipinski definition) is 3. The average molecular weight is 331 g/mol. The second-order valence-electron chi connectivity index (χ2n) is 6.77. The van der Waals surface area contributed by atoms with Crippen molar-refractivity contribution in [3.05, 3.63) is 35.9 Å². The van der Waals surface area contributed by atoms with Gasteiger partial charge in [0, 0.05) is 31.2 Å². The Kier molecular flexibility index (Phi) is 4.92. The number of benzene rings is 1. The zero-order chi connectivity index (χ0) is 17.1. The molecule has 0 radical (unpaired) electrons. The van der Waals surface area contributed by atoms with Crippen LogP contribution in [0.4, 0.5) is 9.59 Å². The predicted molar refractivity (Wildman–Crippen MR) is 90.5 cm³/mol. The maximum absolute atomic E-state index is 12.3. The molecule has 1 aromatic rings. The molecule has 1 aliphatic carbocycles. The number of hydrogen-bond donors (Lipinski definition) is 1. The van der Waals surface area contributed by atoms with Gasteiger partial charge in [0.1, 0.15) is 6.61 Å². The lowest BCUT2D eigenvalue weighted by atomic mass is 10.1. The first-order valence-corrected chi connectivity index (χ1v) is 8.59. The summed E-state index contributed by atoms with van der Waals surface area (Å²) in [6, 6.07) is 9.89. The maximum Gasteiger partial charge on any atom is 0.410 e. The molecule has 3 amide bonds. The van der Waals surface area contributed by atoms with Crippen molar-refractivity contribution < 1.29 is 14.3 Å². The lowest BCUT2D eigenvalue weighted by Crippen LogP contribution is -2.62. The van der Waals surface area contributed by atoms with Gasteiger partial charge in [0.2, 0.25) is 0 Å². The number of carbonyl (C=O) groups excluding carboxylic acids is 2. The molecule has 0 aromatic heterocycles. The van der Waals surface area contributed by atoms with E-state index in [1.807, 2.05) is 49.1 Å². The Morgan fingerprint density at radius 2 is 1.75 bits per heavy atom. The summed E-state index contributed by atoms with van der Waals surface area (Å²) in [7, 11) is 0. The predicted octanol–water partition coefficient (Wildman–Crippen LogP) is 2.59. The van der Waals surface area contributed by atoms with Gasteiger partial charge in [-0.25, -0.2) is 9.59 Å². The summed E-state index contributed by atoms with van der Waals surface area (Å²) in [4.78, 5) is 28.2. The van der Waals surface area contributed by atoms with Gasteiger partial charge >= 0.3 is 12.1 Å². The van der Waals surface area contributed by atoms with Crippen LogP contribution in [0.15, 0.2) is 30.3 Å². The molecule has 1 N–H and O–H groups in total. The number of carbonyl (C=O) groups is 2. The molecule has 1 heterocycles. The van der Waals surface area contributed by atoms with Crippen LogP contribution in [-0.2, 0) is 11.3 Å². The van der Waals surface area contributed by atoms with Gasteiger partial charge in [-0.1, -0.05) is 30.3 Å². The van der Waals surface area contributed by atoms with Gasteiger partial charge in [-0.15, -0.1) is 0 Å². The van der Waals surface area contributed by atoms with Crippen molar-refractivity contribution >= 4 is 12.1 Å². The van der Waals surface area contributed by atoms with Crippen molar-refractivity contribution in [3.8, 4) is 0 Å². The van der Waals surface area contributed by atoms with Gasteiger partial charge in [0.25, 0.3) is 0 Å². The SMILES string of the molecule is C[C@H]1CN(C(=O)OCc2ccccc2)C[C@H](C)N1C(=O)NC1CC1. The number of piperazine rings is 1. The summed E-state index contributed by atoms with van der Waals surface area (Å²) >= 11 is 0. The molecule has 2 fully saturated rings. The van der Waals surface area contributed by atoms with Gasteiger partial charge in [0.05, 0.1) is 0 Å². The molecular weight excluding hydrogens is 306 g/mol. The first kappa shape index (κ1) is 16.6. The van der Waals surface area contributed by atoms with Gasteiger partial charge in [-0.3, -0.25) is 0 Å². The summed E-state index contributed by atoms with van der Waals surface area (Å²) in [6.07, 6.45) is 1.82. The largest absolute Gasteiger partial charge is 0.445 e. The van der Waals surface area contributed by atoms with E-state index in [0.29, 0.717) is 19.1 Å². The molecular formula is C18H25N3O3. The number of nitrogens with one attached hydrogen (secondary N) is 1. The molecule has 2 atom stereocenters. The first-order chi connectivity index (χ1) is 11.5. The summed E-state index contributed by atoms with van der Waals surface area (Å²) in [5.74, 6) is 0. The van der Waals surface area contributed by atoms with Gasteiger partial charge < -0.3 is 19.9 Å². The number of ether oxygens (including phenoxy) is 1. The molecule has 0 bridgehead atoms. The summed E-state index contributed by atoms with van der Waals surface area (Å²) in [6.45, 7) is 5.20. The van der Waals surface area contributed by atoms with Crippen LogP contribution in [0, 0.1) is 0 Å². The molecule has 0 spiro atoms. The first-order valence-electron chi connectivity index (χ1n) is 8.59. The smallest absolute Gasteiger partial charge is 0.410 e. The fourth-order valence-electron chi connectivity index (χ4n) is 3.16. The summed E-state index contributed by atoms with van der Waals surface area (Å²) in [5.41, 5.74) is 0.967. The minimum atomic E-state index is -0.320. The summed E-state index contributed by atoms with van der Waals surface area (Å²) < 4.78 is 5.40. The van der Waals surface area contributed by atoms with E-state index >= 15 is 0 Å². The second-order valence-corrected chi connectivity index (χ2v) is 6.77. The lowest BCUT2D eigenvalue weighted by Gasteiger charge is -2.43. The number of nitrogens with zero attached hydrogens (tertiary/aromatic N) is 2. The summed E-state index contributed by atoms with van der Waals surface area (Å²) in [5, 5.41) is 3.03. The molecule has 24 heavy (non-hydrogen) atoms. The molecule has 0 unspecified atom stereocenters. The fourth-order valence-corrected chi connectivity index (χ4v) is 3.16. The van der Waals surface area contributed by atoms with Crippen LogP contribution in [0.2, 0.25) is 0 Å². The molecule has 1 saturated heterocycles. The van der Waals surface area contributed by atoms with Gasteiger partial charge in [-0.05, 0) is 32.3 Å². The quantitative estimate of drug-likeness (QED) is 0.926. The van der Waals surface area contributed by atoms with Crippen molar-refractivity contribution in [1.29, 1.82) is 0 Å². The van der Waals surface area contributed by atoms with Crippen molar-refractivity contribution in [2.75, 3.05) is 13.1 Å². The Bertz CT molecular complexity index is 576. The Morgan fingerprint density at radius 1 is 1.12 bits per heavy atom. The maximum atomic E-state index is 12.3. The fraction of sp³-hybridized carbons (Fsp3) is 0.556. The van der Waals surface area contributed by atoms with Crippen LogP contribution >= 0.6 is 0 Å². The van der Waals surface area contributed by atoms with Crippen LogP contribution in [-0.4, -0.2) is 53.1 Å². The van der Waals surface area contributed by atoms with E-state index in [9.17, 15) is 9.59 Å². The van der Waals surface area contributed by atoms with Crippen LogP contribution in [0.5, 0.6) is 0 Å². The molecule has 1 aliphatic heterocycles. The molecule has 1 aromatic carbocycles.